The summed E-state index contributed by atoms with van der Waals surface area (Å²) in [7, 11) is 0.346. The monoisotopic (exact) mass is 285 g/mol. The van der Waals surface area contributed by atoms with E-state index in [-0.39, 0.29) is 5.54 Å². The smallest absolute Gasteiger partial charge is 0.245 e. The summed E-state index contributed by atoms with van der Waals surface area (Å²) in [5.74, 6) is 0. The van der Waals surface area contributed by atoms with Crippen LogP contribution in [-0.2, 0) is 23.6 Å². The van der Waals surface area contributed by atoms with E-state index in [0.29, 0.717) is 18.0 Å². The van der Waals surface area contributed by atoms with E-state index in [9.17, 15) is 8.42 Å². The molecule has 1 aromatic heterocycles. The molecule has 1 N–H and O–H groups in total. The van der Waals surface area contributed by atoms with Gasteiger partial charge in [-0.2, -0.15) is 4.31 Å². The maximum atomic E-state index is 12.7. The minimum atomic E-state index is -3.38. The first-order valence-electron chi connectivity index (χ1n) is 6.62. The van der Waals surface area contributed by atoms with Crippen molar-refractivity contribution in [2.24, 2.45) is 7.05 Å². The van der Waals surface area contributed by atoms with Crippen LogP contribution in [0.5, 0.6) is 0 Å². The predicted molar refractivity (Wildman–Crippen MR) is 75.4 cm³/mol. The van der Waals surface area contributed by atoms with Crippen LogP contribution in [0.2, 0.25) is 0 Å². The van der Waals surface area contributed by atoms with Crippen LogP contribution >= 0.6 is 0 Å². The van der Waals surface area contributed by atoms with Crippen LogP contribution in [-0.4, -0.2) is 36.4 Å². The third kappa shape index (κ3) is 2.57. The third-order valence-electron chi connectivity index (χ3n) is 3.85. The van der Waals surface area contributed by atoms with Crippen molar-refractivity contribution in [3.05, 3.63) is 18.0 Å². The molecule has 0 radical (unpaired) electrons. The maximum absolute atomic E-state index is 12.7. The number of hydrogen-bond donors (Lipinski definition) is 1. The van der Waals surface area contributed by atoms with Crippen molar-refractivity contribution < 1.29 is 8.42 Å². The molecule has 0 atom stereocenters. The highest BCUT2D eigenvalue weighted by molar-refractivity contribution is 7.89. The van der Waals surface area contributed by atoms with Gasteiger partial charge in [-0.25, -0.2) is 8.42 Å². The molecule has 1 aromatic rings. The van der Waals surface area contributed by atoms with Crippen LogP contribution < -0.4 is 5.32 Å². The first kappa shape index (κ1) is 14.6. The Kier molecular flexibility index (Phi) is 3.77. The zero-order valence-corrected chi connectivity index (χ0v) is 12.9. The molecular formula is C13H23N3O2S. The van der Waals surface area contributed by atoms with Crippen LogP contribution in [0.25, 0.3) is 0 Å². The molecule has 0 aromatic carbocycles. The van der Waals surface area contributed by atoms with E-state index in [0.717, 1.165) is 18.5 Å². The maximum Gasteiger partial charge on any atom is 0.245 e. The molecule has 1 aliphatic rings. The van der Waals surface area contributed by atoms with Gasteiger partial charge in [-0.15, -0.1) is 0 Å². The fraction of sp³-hybridized carbons (Fsp3) is 0.692. The third-order valence-corrected chi connectivity index (χ3v) is 5.93. The normalized spacial score (nSPS) is 20.0. The molecule has 108 valence electrons. The molecule has 1 fully saturated rings. The predicted octanol–water partition coefficient (Wildman–Crippen LogP) is 1.31. The van der Waals surface area contributed by atoms with Gasteiger partial charge in [-0.3, -0.25) is 0 Å². The molecule has 0 spiro atoms. The molecule has 5 nitrogen and oxygen atoms in total. The summed E-state index contributed by atoms with van der Waals surface area (Å²) >= 11 is 0. The highest BCUT2D eigenvalue weighted by Gasteiger charge is 2.41. The minimum absolute atomic E-state index is 0.280. The second-order valence-electron chi connectivity index (χ2n) is 5.80. The van der Waals surface area contributed by atoms with Crippen molar-refractivity contribution in [3.8, 4) is 0 Å². The number of aryl methyl sites for hydroxylation is 1. The summed E-state index contributed by atoms with van der Waals surface area (Å²) in [5, 5.41) is 3.05. The summed E-state index contributed by atoms with van der Waals surface area (Å²) in [6.45, 7) is 5.27. The van der Waals surface area contributed by atoms with Crippen molar-refractivity contribution in [2.75, 3.05) is 13.6 Å². The molecule has 6 heteroatoms. The molecule has 0 aliphatic carbocycles. The molecule has 0 bridgehead atoms. The van der Waals surface area contributed by atoms with Gasteiger partial charge in [0, 0.05) is 37.6 Å². The van der Waals surface area contributed by atoms with Gasteiger partial charge in [-0.05, 0) is 39.8 Å². The van der Waals surface area contributed by atoms with Crippen molar-refractivity contribution in [3.63, 3.8) is 0 Å². The lowest BCUT2D eigenvalue weighted by molar-refractivity contribution is 0.291. The summed E-state index contributed by atoms with van der Waals surface area (Å²) in [4.78, 5) is 0.398. The molecule has 1 saturated heterocycles. The average molecular weight is 285 g/mol. The number of nitrogens with one attached hydrogen (secondary N) is 1. The fourth-order valence-electron chi connectivity index (χ4n) is 2.73. The standard InChI is InChI=1S/C13H23N3O2S/c1-13(2)6-5-7-16(13)19(17,18)12-8-11(9-14-3)15(4)10-12/h8,10,14H,5-7,9H2,1-4H3. The molecule has 2 rings (SSSR count). The first-order valence-corrected chi connectivity index (χ1v) is 8.06. The molecule has 2 heterocycles. The number of rotatable bonds is 4. The van der Waals surface area contributed by atoms with E-state index in [4.69, 9.17) is 0 Å². The van der Waals surface area contributed by atoms with Gasteiger partial charge in [0.2, 0.25) is 10.0 Å². The van der Waals surface area contributed by atoms with E-state index in [1.807, 2.05) is 32.5 Å². The Hall–Kier alpha value is -0.850. The highest BCUT2D eigenvalue weighted by atomic mass is 32.2. The average Bonchev–Trinajstić information content (AvgIpc) is 2.84. The van der Waals surface area contributed by atoms with Crippen LogP contribution in [0.4, 0.5) is 0 Å². The minimum Gasteiger partial charge on any atom is -0.352 e. The van der Waals surface area contributed by atoms with E-state index in [2.05, 4.69) is 5.32 Å². The Labute approximate surface area is 115 Å². The SMILES string of the molecule is CNCc1cc(S(=O)(=O)N2CCCC2(C)C)cn1C. The quantitative estimate of drug-likeness (QED) is 0.907. The van der Waals surface area contributed by atoms with E-state index in [1.54, 1.807) is 16.6 Å². The number of sulfonamides is 1. The molecular weight excluding hydrogens is 262 g/mol. The largest absolute Gasteiger partial charge is 0.352 e. The Balaban J connectivity index is 2.37. The number of hydrogen-bond acceptors (Lipinski definition) is 3. The van der Waals surface area contributed by atoms with Gasteiger partial charge in [0.15, 0.2) is 0 Å². The molecule has 0 saturated carbocycles. The van der Waals surface area contributed by atoms with Crippen molar-refractivity contribution in [2.45, 2.75) is 43.7 Å². The van der Waals surface area contributed by atoms with Gasteiger partial charge in [-0.1, -0.05) is 0 Å². The lowest BCUT2D eigenvalue weighted by atomic mass is 10.0. The zero-order chi connectivity index (χ0) is 14.3. The van der Waals surface area contributed by atoms with E-state index >= 15 is 0 Å². The van der Waals surface area contributed by atoms with Gasteiger partial charge in [0.1, 0.15) is 4.90 Å². The van der Waals surface area contributed by atoms with Gasteiger partial charge < -0.3 is 9.88 Å². The topological polar surface area (TPSA) is 54.3 Å². The molecule has 1 aliphatic heterocycles. The molecule has 0 unspecified atom stereocenters. The number of nitrogens with zero attached hydrogens (tertiary/aromatic N) is 2. The Morgan fingerprint density at radius 1 is 1.42 bits per heavy atom. The van der Waals surface area contributed by atoms with E-state index < -0.39 is 10.0 Å². The summed E-state index contributed by atoms with van der Waals surface area (Å²) in [6.07, 6.45) is 3.56. The summed E-state index contributed by atoms with van der Waals surface area (Å²) < 4.78 is 28.9. The Morgan fingerprint density at radius 2 is 2.11 bits per heavy atom. The Bertz CT molecular complexity index is 560. The van der Waals surface area contributed by atoms with Gasteiger partial charge in [0.25, 0.3) is 0 Å². The van der Waals surface area contributed by atoms with Crippen LogP contribution in [0.15, 0.2) is 17.2 Å². The lowest BCUT2D eigenvalue weighted by Crippen LogP contribution is -2.42. The second kappa shape index (κ2) is 4.92. The summed E-state index contributed by atoms with van der Waals surface area (Å²) in [5.41, 5.74) is 0.691. The van der Waals surface area contributed by atoms with Crippen molar-refractivity contribution in [1.29, 1.82) is 0 Å². The first-order chi connectivity index (χ1) is 8.79. The highest BCUT2D eigenvalue weighted by Crippen LogP contribution is 2.34. The molecule has 0 amide bonds. The van der Waals surface area contributed by atoms with Crippen molar-refractivity contribution in [1.82, 2.24) is 14.2 Å². The Morgan fingerprint density at radius 3 is 2.63 bits per heavy atom. The van der Waals surface area contributed by atoms with E-state index in [1.165, 1.54) is 0 Å². The number of aromatic nitrogens is 1. The van der Waals surface area contributed by atoms with Crippen LogP contribution in [0.3, 0.4) is 0 Å². The van der Waals surface area contributed by atoms with Gasteiger partial charge in [0.05, 0.1) is 0 Å². The van der Waals surface area contributed by atoms with Gasteiger partial charge >= 0.3 is 0 Å². The van der Waals surface area contributed by atoms with Crippen molar-refractivity contribution >= 4 is 10.0 Å². The fourth-order valence-corrected chi connectivity index (χ4v) is 4.67. The lowest BCUT2D eigenvalue weighted by Gasteiger charge is -2.30. The molecule has 19 heavy (non-hydrogen) atoms. The zero-order valence-electron chi connectivity index (χ0n) is 12.1. The van der Waals surface area contributed by atoms with Crippen LogP contribution in [0, 0.1) is 0 Å². The van der Waals surface area contributed by atoms with Crippen LogP contribution in [0.1, 0.15) is 32.4 Å². The summed E-state index contributed by atoms with van der Waals surface area (Å²) in [6, 6.07) is 1.76. The second-order valence-corrected chi connectivity index (χ2v) is 7.66.